The maximum absolute atomic E-state index is 11.0. The smallest absolute Gasteiger partial charge is 0.369 e. The molecule has 0 spiro atoms. The molecule has 1 aliphatic rings. The first-order valence-electron chi connectivity index (χ1n) is 3.72. The summed E-state index contributed by atoms with van der Waals surface area (Å²) in [4.78, 5) is 14.2. The minimum Gasteiger partial charge on any atom is -0.391 e. The topological polar surface area (TPSA) is 30.7 Å². The molecule has 0 aromatic heterocycles. The molecular formula is C8H11NO2. The number of hydrogen-bond acceptors (Lipinski definition) is 2. The molecule has 0 bridgehead atoms. The highest BCUT2D eigenvalue weighted by Gasteiger charge is 2.39. The van der Waals surface area contributed by atoms with E-state index in [0.29, 0.717) is 6.42 Å². The molecule has 3 heteroatoms. The summed E-state index contributed by atoms with van der Waals surface area (Å²) >= 11 is 0. The Morgan fingerprint density at radius 1 is 1.73 bits per heavy atom. The van der Waals surface area contributed by atoms with E-state index in [1.165, 1.54) is 0 Å². The van der Waals surface area contributed by atoms with Crippen LogP contribution in [0.25, 0.3) is 4.85 Å². The van der Waals surface area contributed by atoms with Gasteiger partial charge in [0.15, 0.2) is 0 Å². The SMILES string of the molecule is [C-]#[N+][C@@H]1C[C@@H](C(C)C)C(=O)O1. The van der Waals surface area contributed by atoms with Crippen LogP contribution in [0, 0.1) is 18.4 Å². The number of esters is 1. The molecule has 0 radical (unpaired) electrons. The molecule has 1 heterocycles. The van der Waals surface area contributed by atoms with Crippen LogP contribution < -0.4 is 0 Å². The van der Waals surface area contributed by atoms with Crippen LogP contribution in [0.2, 0.25) is 0 Å². The zero-order chi connectivity index (χ0) is 8.43. The number of carbonyl (C=O) groups excluding carboxylic acids is 1. The fourth-order valence-corrected chi connectivity index (χ4v) is 1.21. The molecule has 0 unspecified atom stereocenters. The average molecular weight is 153 g/mol. The van der Waals surface area contributed by atoms with Gasteiger partial charge in [0, 0.05) is 0 Å². The Kier molecular flexibility index (Phi) is 2.13. The Hall–Kier alpha value is -1.04. The minimum atomic E-state index is -0.519. The third-order valence-electron chi connectivity index (χ3n) is 1.96. The molecule has 1 fully saturated rings. The van der Waals surface area contributed by atoms with Crippen LogP contribution in [0.3, 0.4) is 0 Å². The molecular weight excluding hydrogens is 142 g/mol. The predicted octanol–water partition coefficient (Wildman–Crippen LogP) is 1.45. The largest absolute Gasteiger partial charge is 0.391 e. The summed E-state index contributed by atoms with van der Waals surface area (Å²) in [5.74, 6) is 0.0179. The summed E-state index contributed by atoms with van der Waals surface area (Å²) in [6.45, 7) is 10.6. The van der Waals surface area contributed by atoms with Crippen molar-refractivity contribution in [2.75, 3.05) is 0 Å². The third kappa shape index (κ3) is 1.51. The molecule has 0 saturated carbocycles. The van der Waals surface area contributed by atoms with Crippen molar-refractivity contribution in [3.63, 3.8) is 0 Å². The lowest BCUT2D eigenvalue weighted by Gasteiger charge is -2.06. The van der Waals surface area contributed by atoms with Gasteiger partial charge < -0.3 is 4.74 Å². The maximum Gasteiger partial charge on any atom is 0.369 e. The second kappa shape index (κ2) is 2.91. The van der Waals surface area contributed by atoms with Crippen molar-refractivity contribution in [3.8, 4) is 0 Å². The Morgan fingerprint density at radius 2 is 2.36 bits per heavy atom. The van der Waals surface area contributed by atoms with Crippen molar-refractivity contribution in [3.05, 3.63) is 11.4 Å². The van der Waals surface area contributed by atoms with Gasteiger partial charge in [-0.05, 0) is 5.92 Å². The van der Waals surface area contributed by atoms with Crippen LogP contribution in [0.4, 0.5) is 0 Å². The van der Waals surface area contributed by atoms with Gasteiger partial charge in [0.1, 0.15) is 0 Å². The van der Waals surface area contributed by atoms with Crippen LogP contribution in [0.15, 0.2) is 0 Å². The van der Waals surface area contributed by atoms with Gasteiger partial charge in [-0.3, -0.25) is 9.64 Å². The van der Waals surface area contributed by atoms with Crippen molar-refractivity contribution in [2.45, 2.75) is 26.5 Å². The fourth-order valence-electron chi connectivity index (χ4n) is 1.21. The first-order chi connectivity index (χ1) is 5.15. The van der Waals surface area contributed by atoms with Crippen molar-refractivity contribution < 1.29 is 9.53 Å². The molecule has 0 amide bonds. The quantitative estimate of drug-likeness (QED) is 0.421. The van der Waals surface area contributed by atoms with E-state index in [9.17, 15) is 4.79 Å². The zero-order valence-electron chi connectivity index (χ0n) is 6.70. The lowest BCUT2D eigenvalue weighted by Crippen LogP contribution is -2.13. The highest BCUT2D eigenvalue weighted by Crippen LogP contribution is 2.27. The van der Waals surface area contributed by atoms with E-state index >= 15 is 0 Å². The first-order valence-corrected chi connectivity index (χ1v) is 3.72. The van der Waals surface area contributed by atoms with Crippen LogP contribution in [-0.4, -0.2) is 12.2 Å². The van der Waals surface area contributed by atoms with E-state index in [4.69, 9.17) is 11.3 Å². The first kappa shape index (κ1) is 8.06. The molecule has 60 valence electrons. The van der Waals surface area contributed by atoms with Gasteiger partial charge in [-0.15, -0.1) is 0 Å². The molecule has 2 atom stereocenters. The molecule has 0 aliphatic carbocycles. The van der Waals surface area contributed by atoms with E-state index in [1.54, 1.807) is 0 Å². The van der Waals surface area contributed by atoms with E-state index in [2.05, 4.69) is 4.85 Å². The second-order valence-electron chi connectivity index (χ2n) is 3.11. The molecule has 1 aliphatic heterocycles. The van der Waals surface area contributed by atoms with Gasteiger partial charge in [0.2, 0.25) is 0 Å². The number of cyclic esters (lactones) is 1. The Balaban J connectivity index is 2.60. The van der Waals surface area contributed by atoms with Crippen LogP contribution in [0.5, 0.6) is 0 Å². The number of nitrogens with zero attached hydrogens (tertiary/aromatic N) is 1. The summed E-state index contributed by atoms with van der Waals surface area (Å²) in [7, 11) is 0. The number of rotatable bonds is 1. The molecule has 1 saturated heterocycles. The minimum absolute atomic E-state index is 0.0610. The van der Waals surface area contributed by atoms with E-state index in [1.807, 2.05) is 13.8 Å². The summed E-state index contributed by atoms with van der Waals surface area (Å²) < 4.78 is 4.79. The number of carbonyl (C=O) groups is 1. The standard InChI is InChI=1S/C8H11NO2/c1-5(2)6-4-7(9-3)11-8(6)10/h5-7H,4H2,1-2H3/t6-,7-/m0/s1. The maximum atomic E-state index is 11.0. The van der Waals surface area contributed by atoms with E-state index in [-0.39, 0.29) is 17.8 Å². The van der Waals surface area contributed by atoms with Gasteiger partial charge >= 0.3 is 12.2 Å². The van der Waals surface area contributed by atoms with Gasteiger partial charge in [0.05, 0.1) is 12.3 Å². The number of hydrogen-bond donors (Lipinski definition) is 0. The van der Waals surface area contributed by atoms with Gasteiger partial charge in [-0.2, -0.15) is 0 Å². The third-order valence-corrected chi connectivity index (χ3v) is 1.96. The van der Waals surface area contributed by atoms with Gasteiger partial charge in [0.25, 0.3) is 0 Å². The molecule has 0 aromatic rings. The zero-order valence-corrected chi connectivity index (χ0v) is 6.70. The van der Waals surface area contributed by atoms with Crippen LogP contribution >= 0.6 is 0 Å². The van der Waals surface area contributed by atoms with Gasteiger partial charge in [-0.1, -0.05) is 13.8 Å². The summed E-state index contributed by atoms with van der Waals surface area (Å²) in [6, 6.07) is 0. The number of ether oxygens (including phenoxy) is 1. The summed E-state index contributed by atoms with van der Waals surface area (Å²) in [5, 5.41) is 0. The molecule has 0 aromatic carbocycles. The Morgan fingerprint density at radius 3 is 2.64 bits per heavy atom. The lowest BCUT2D eigenvalue weighted by molar-refractivity contribution is -0.144. The molecule has 0 N–H and O–H groups in total. The second-order valence-corrected chi connectivity index (χ2v) is 3.11. The van der Waals surface area contributed by atoms with E-state index < -0.39 is 6.23 Å². The summed E-state index contributed by atoms with van der Waals surface area (Å²) in [5.41, 5.74) is 0. The molecule has 11 heavy (non-hydrogen) atoms. The van der Waals surface area contributed by atoms with Crippen molar-refractivity contribution in [1.29, 1.82) is 0 Å². The molecule has 1 rings (SSSR count). The van der Waals surface area contributed by atoms with Crippen molar-refractivity contribution in [2.24, 2.45) is 11.8 Å². The molecule has 3 nitrogen and oxygen atoms in total. The van der Waals surface area contributed by atoms with Crippen LogP contribution in [-0.2, 0) is 9.53 Å². The fraction of sp³-hybridized carbons (Fsp3) is 0.750. The normalized spacial score (nSPS) is 30.2. The summed E-state index contributed by atoms with van der Waals surface area (Å²) in [6.07, 6.45) is 0.0508. The Bertz CT molecular complexity index is 205. The predicted molar refractivity (Wildman–Crippen MR) is 39.4 cm³/mol. The Labute approximate surface area is 66.2 Å². The van der Waals surface area contributed by atoms with Crippen molar-refractivity contribution in [1.82, 2.24) is 0 Å². The lowest BCUT2D eigenvalue weighted by atomic mass is 9.94. The monoisotopic (exact) mass is 153 g/mol. The highest BCUT2D eigenvalue weighted by atomic mass is 16.6. The average Bonchev–Trinajstić information content (AvgIpc) is 2.30. The highest BCUT2D eigenvalue weighted by molar-refractivity contribution is 5.75. The van der Waals surface area contributed by atoms with Gasteiger partial charge in [-0.25, -0.2) is 6.57 Å². The van der Waals surface area contributed by atoms with Crippen LogP contribution in [0.1, 0.15) is 20.3 Å². The van der Waals surface area contributed by atoms with E-state index in [0.717, 1.165) is 0 Å². The van der Waals surface area contributed by atoms with Crippen molar-refractivity contribution >= 4 is 5.97 Å².